The highest BCUT2D eigenvalue weighted by Crippen LogP contribution is 2.68. The van der Waals surface area contributed by atoms with E-state index in [1.54, 1.807) is 13.0 Å². The zero-order chi connectivity index (χ0) is 21.0. The fraction of sp³-hybridized carbons (Fsp3) is 0.762. The van der Waals surface area contributed by atoms with Crippen molar-refractivity contribution in [3.05, 3.63) is 12.7 Å². The van der Waals surface area contributed by atoms with Crippen LogP contribution in [0.4, 0.5) is 9.59 Å². The van der Waals surface area contributed by atoms with Gasteiger partial charge in [-0.25, -0.2) is 9.59 Å². The third-order valence-electron chi connectivity index (χ3n) is 8.06. The predicted octanol–water partition coefficient (Wildman–Crippen LogP) is 2.92. The van der Waals surface area contributed by atoms with E-state index in [1.807, 2.05) is 6.92 Å². The number of hydrogen-bond acceptors (Lipinski definition) is 8. The topological polar surface area (TPSA) is 97.4 Å². The zero-order valence-corrected chi connectivity index (χ0v) is 17.1. The Bertz CT molecular complexity index is 835. The van der Waals surface area contributed by atoms with Crippen molar-refractivity contribution in [1.29, 1.82) is 0 Å². The van der Waals surface area contributed by atoms with E-state index in [2.05, 4.69) is 20.4 Å². The van der Waals surface area contributed by atoms with Crippen LogP contribution < -0.4 is 0 Å². The number of Topliss-reactive ketones (excluding diaryl/α,β-unsaturated/α-hetero) is 1. The molecule has 0 aromatic rings. The zero-order valence-electron chi connectivity index (χ0n) is 17.1. The number of ketones is 1. The molecule has 2 aliphatic carbocycles. The molecule has 158 valence electrons. The second-order valence-corrected chi connectivity index (χ2v) is 10.1. The minimum atomic E-state index is -1.62. The number of carbonyl (C=O) groups is 3. The summed E-state index contributed by atoms with van der Waals surface area (Å²) in [6.45, 7) is 11.6. The Labute approximate surface area is 168 Å². The SMILES string of the molecule is C=C[C@@]1(C)CC(=O)[C@@]23OC(=O)O[C@H]4CCC(C)(C)[C@H](C5OC(=O)OC5[C@H]2O1)C43C. The molecular formula is C21H26O8. The Balaban J connectivity index is 1.78. The highest BCUT2D eigenvalue weighted by molar-refractivity contribution is 5.94. The molecule has 3 saturated heterocycles. The van der Waals surface area contributed by atoms with Crippen LogP contribution in [-0.4, -0.2) is 53.7 Å². The van der Waals surface area contributed by atoms with Crippen LogP contribution in [-0.2, 0) is 28.5 Å². The average Bonchev–Trinajstić information content (AvgIpc) is 2.99. The summed E-state index contributed by atoms with van der Waals surface area (Å²) in [5.41, 5.74) is -3.85. The summed E-state index contributed by atoms with van der Waals surface area (Å²) >= 11 is 0. The van der Waals surface area contributed by atoms with Crippen LogP contribution in [0.5, 0.6) is 0 Å². The summed E-state index contributed by atoms with van der Waals surface area (Å²) < 4.78 is 28.9. The van der Waals surface area contributed by atoms with E-state index in [9.17, 15) is 14.4 Å². The highest BCUT2D eigenvalue weighted by Gasteiger charge is 2.83. The molecule has 0 radical (unpaired) electrons. The molecule has 0 aromatic carbocycles. The van der Waals surface area contributed by atoms with E-state index in [0.717, 1.165) is 6.42 Å². The van der Waals surface area contributed by atoms with Gasteiger partial charge in [0.2, 0.25) is 5.60 Å². The van der Waals surface area contributed by atoms with Crippen molar-refractivity contribution in [2.24, 2.45) is 16.7 Å². The van der Waals surface area contributed by atoms with E-state index < -0.39 is 53.3 Å². The maximum absolute atomic E-state index is 13.8. The number of hydrogen-bond donors (Lipinski definition) is 0. The summed E-state index contributed by atoms with van der Waals surface area (Å²) in [4.78, 5) is 38.5. The summed E-state index contributed by atoms with van der Waals surface area (Å²) in [5, 5.41) is 0. The molecule has 3 unspecified atom stereocenters. The van der Waals surface area contributed by atoms with Gasteiger partial charge in [-0.1, -0.05) is 26.8 Å². The van der Waals surface area contributed by atoms with Crippen molar-refractivity contribution < 1.29 is 38.1 Å². The number of rotatable bonds is 1. The van der Waals surface area contributed by atoms with Crippen molar-refractivity contribution in [3.8, 4) is 0 Å². The van der Waals surface area contributed by atoms with Crippen LogP contribution in [0.15, 0.2) is 12.7 Å². The number of fused-ring (bicyclic) bond motifs is 3. The van der Waals surface area contributed by atoms with Gasteiger partial charge >= 0.3 is 12.3 Å². The first-order valence-corrected chi connectivity index (χ1v) is 10.1. The van der Waals surface area contributed by atoms with Crippen molar-refractivity contribution >= 4 is 18.1 Å². The van der Waals surface area contributed by atoms with E-state index in [0.29, 0.717) is 6.42 Å². The van der Waals surface area contributed by atoms with E-state index in [1.165, 1.54) is 0 Å². The molecule has 1 spiro atoms. The van der Waals surface area contributed by atoms with Gasteiger partial charge in [-0.2, -0.15) is 0 Å². The quantitative estimate of drug-likeness (QED) is 0.484. The van der Waals surface area contributed by atoms with Gasteiger partial charge in [0.05, 0.1) is 11.0 Å². The van der Waals surface area contributed by atoms with Gasteiger partial charge in [0.1, 0.15) is 18.3 Å². The molecule has 0 aromatic heterocycles. The molecule has 8 atom stereocenters. The molecule has 29 heavy (non-hydrogen) atoms. The maximum Gasteiger partial charge on any atom is 0.509 e. The summed E-state index contributed by atoms with van der Waals surface area (Å²) in [5.74, 6) is -0.584. The molecule has 2 saturated carbocycles. The average molecular weight is 406 g/mol. The van der Waals surface area contributed by atoms with Gasteiger partial charge in [0.25, 0.3) is 0 Å². The summed E-state index contributed by atoms with van der Waals surface area (Å²) in [6, 6.07) is 0. The van der Waals surface area contributed by atoms with Crippen LogP contribution in [0.3, 0.4) is 0 Å². The smallest absolute Gasteiger partial charge is 0.430 e. The van der Waals surface area contributed by atoms with E-state index >= 15 is 0 Å². The van der Waals surface area contributed by atoms with Crippen molar-refractivity contribution in [1.82, 2.24) is 0 Å². The first-order chi connectivity index (χ1) is 13.5. The lowest BCUT2D eigenvalue weighted by atomic mass is 9.42. The van der Waals surface area contributed by atoms with Crippen LogP contribution in [0.1, 0.15) is 47.0 Å². The molecule has 3 heterocycles. The van der Waals surface area contributed by atoms with Gasteiger partial charge < -0.3 is 23.7 Å². The number of carbonyl (C=O) groups excluding carboxylic acids is 3. The second kappa shape index (κ2) is 5.33. The van der Waals surface area contributed by atoms with Crippen molar-refractivity contribution in [2.75, 3.05) is 0 Å². The maximum atomic E-state index is 13.8. The van der Waals surface area contributed by atoms with Crippen molar-refractivity contribution in [3.63, 3.8) is 0 Å². The molecule has 3 aliphatic heterocycles. The van der Waals surface area contributed by atoms with Crippen LogP contribution >= 0.6 is 0 Å². The minimum Gasteiger partial charge on any atom is -0.430 e. The molecule has 8 nitrogen and oxygen atoms in total. The normalized spacial score (nSPS) is 52.0. The Kier molecular flexibility index (Phi) is 3.48. The first-order valence-electron chi connectivity index (χ1n) is 10.1. The lowest BCUT2D eigenvalue weighted by molar-refractivity contribution is -0.341. The predicted molar refractivity (Wildman–Crippen MR) is 96.9 cm³/mol. The Hall–Kier alpha value is -2.09. The standard InChI is InChI=1S/C21H26O8/c1-6-19(4)9-10(22)21-15(28-19)13-12(26-16(23)27-13)14-18(2,3)8-7-11(20(14,21)5)25-17(24)29-21/h6,11-15H,1,7-9H2,2-5H3/t11-,12?,13?,14-,15+,19-,20?,21+/m0/s1. The second-order valence-electron chi connectivity index (χ2n) is 10.1. The molecule has 0 bridgehead atoms. The molecular weight excluding hydrogens is 380 g/mol. The number of ether oxygens (including phenoxy) is 5. The molecule has 5 rings (SSSR count). The van der Waals surface area contributed by atoms with Crippen LogP contribution in [0.25, 0.3) is 0 Å². The van der Waals surface area contributed by atoms with Gasteiger partial charge in [-0.3, -0.25) is 4.79 Å². The van der Waals surface area contributed by atoms with Crippen molar-refractivity contribution in [2.45, 2.75) is 82.6 Å². The third-order valence-corrected chi connectivity index (χ3v) is 8.06. The largest absolute Gasteiger partial charge is 0.509 e. The molecule has 8 heteroatoms. The fourth-order valence-corrected chi connectivity index (χ4v) is 6.83. The summed E-state index contributed by atoms with van der Waals surface area (Å²) in [6.07, 6.45) is -1.86. The van der Waals surface area contributed by atoms with Gasteiger partial charge in [0.15, 0.2) is 11.9 Å². The Morgan fingerprint density at radius 2 is 1.69 bits per heavy atom. The first kappa shape index (κ1) is 18.9. The fourth-order valence-electron chi connectivity index (χ4n) is 6.83. The van der Waals surface area contributed by atoms with Gasteiger partial charge in [-0.05, 0) is 25.2 Å². The van der Waals surface area contributed by atoms with E-state index in [-0.39, 0.29) is 23.5 Å². The van der Waals surface area contributed by atoms with Crippen LogP contribution in [0, 0.1) is 16.7 Å². The molecule has 0 amide bonds. The third kappa shape index (κ3) is 2.05. The molecule has 0 N–H and O–H groups in total. The minimum absolute atomic E-state index is 0.00191. The summed E-state index contributed by atoms with van der Waals surface area (Å²) in [7, 11) is 0. The molecule has 5 fully saturated rings. The lowest BCUT2D eigenvalue weighted by Gasteiger charge is -2.68. The van der Waals surface area contributed by atoms with Crippen LogP contribution in [0.2, 0.25) is 0 Å². The molecule has 5 aliphatic rings. The van der Waals surface area contributed by atoms with Gasteiger partial charge in [0, 0.05) is 12.3 Å². The van der Waals surface area contributed by atoms with E-state index in [4.69, 9.17) is 23.7 Å². The lowest BCUT2D eigenvalue weighted by Crippen LogP contribution is -2.84. The van der Waals surface area contributed by atoms with Gasteiger partial charge in [-0.15, -0.1) is 6.58 Å². The highest BCUT2D eigenvalue weighted by atomic mass is 16.8. The Morgan fingerprint density at radius 1 is 1.00 bits per heavy atom. The Morgan fingerprint density at radius 3 is 2.38 bits per heavy atom. The monoisotopic (exact) mass is 406 g/mol.